The zero-order chi connectivity index (χ0) is 29.4. The molecule has 1 fully saturated rings. The van der Waals surface area contributed by atoms with Crippen molar-refractivity contribution >= 4 is 34.9 Å². The fourth-order valence-electron chi connectivity index (χ4n) is 4.98. The quantitative estimate of drug-likeness (QED) is 0.154. The lowest BCUT2D eigenvalue weighted by molar-refractivity contribution is -0.137. The Bertz CT molecular complexity index is 1390. The smallest absolute Gasteiger partial charge is 0.254 e. The van der Waals surface area contributed by atoms with Gasteiger partial charge >= 0.3 is 0 Å². The van der Waals surface area contributed by atoms with Crippen molar-refractivity contribution in [3.05, 3.63) is 81.5 Å². The number of unbranched alkanes of at least 4 members (excludes halogenated alkanes) is 2. The van der Waals surface area contributed by atoms with E-state index in [2.05, 4.69) is 6.92 Å². The maximum Gasteiger partial charge on any atom is 0.254 e. The van der Waals surface area contributed by atoms with Gasteiger partial charge in [0.25, 0.3) is 5.91 Å². The molecular weight excluding hydrogens is 538 g/mol. The standard InChI is InChI=1S/C31H37N5O4S/c1-2-3-5-9-21-16-22(13-14-27(21)40-24-10-6-4-7-11-24)31(39)35(18-25-17-23(20-41-25)29(32)33)19-28(37)36-15-8-12-26(36)30(34)38/h4,6-7,10-11,13-14,16-17,20,26H,2-3,5,8-9,12,15,18-19H2,1H3,(H3,32,33)(H2,34,38)/t26-/m0/s1. The van der Waals surface area contributed by atoms with E-state index in [-0.39, 0.29) is 30.7 Å². The molecule has 1 aromatic heterocycles. The number of aryl methyl sites for hydroxylation is 1. The highest BCUT2D eigenvalue weighted by atomic mass is 32.1. The molecule has 2 aromatic carbocycles. The highest BCUT2D eigenvalue weighted by molar-refractivity contribution is 7.10. The molecule has 1 saturated heterocycles. The van der Waals surface area contributed by atoms with Crippen LogP contribution in [-0.4, -0.2) is 52.5 Å². The largest absolute Gasteiger partial charge is 0.457 e. The van der Waals surface area contributed by atoms with Crippen molar-refractivity contribution in [2.24, 2.45) is 11.5 Å². The Labute approximate surface area is 244 Å². The van der Waals surface area contributed by atoms with Crippen LogP contribution in [0.1, 0.15) is 65.4 Å². The lowest BCUT2D eigenvalue weighted by Gasteiger charge is -2.27. The van der Waals surface area contributed by atoms with E-state index >= 15 is 0 Å². The molecule has 3 amide bonds. The van der Waals surface area contributed by atoms with Crippen LogP contribution >= 0.6 is 11.3 Å². The summed E-state index contributed by atoms with van der Waals surface area (Å²) in [6, 6.07) is 16.0. The summed E-state index contributed by atoms with van der Waals surface area (Å²) in [7, 11) is 0. The zero-order valence-corrected chi connectivity index (χ0v) is 24.1. The third-order valence-electron chi connectivity index (χ3n) is 7.15. The number of carbonyl (C=O) groups excluding carboxylic acids is 3. The van der Waals surface area contributed by atoms with Crippen LogP contribution in [0.4, 0.5) is 0 Å². The number of primary amides is 1. The van der Waals surface area contributed by atoms with Crippen LogP contribution in [0.25, 0.3) is 0 Å². The number of nitrogens with one attached hydrogen (secondary N) is 1. The number of para-hydroxylation sites is 1. The molecule has 0 radical (unpaired) electrons. The highest BCUT2D eigenvalue weighted by Crippen LogP contribution is 2.29. The van der Waals surface area contributed by atoms with Crippen molar-refractivity contribution in [3.63, 3.8) is 0 Å². The molecule has 1 aliphatic rings. The van der Waals surface area contributed by atoms with Gasteiger partial charge in [0.1, 0.15) is 29.9 Å². The van der Waals surface area contributed by atoms with Crippen molar-refractivity contribution in [3.8, 4) is 11.5 Å². The van der Waals surface area contributed by atoms with Crippen LogP contribution in [-0.2, 0) is 22.6 Å². The fraction of sp³-hybridized carbons (Fsp3) is 0.355. The topological polar surface area (TPSA) is 143 Å². The number of nitrogen functional groups attached to an aromatic ring is 1. The van der Waals surface area contributed by atoms with Gasteiger partial charge in [-0.1, -0.05) is 38.0 Å². The minimum Gasteiger partial charge on any atom is -0.457 e. The maximum absolute atomic E-state index is 14.0. The van der Waals surface area contributed by atoms with Gasteiger partial charge in [-0.05, 0) is 67.6 Å². The molecule has 9 nitrogen and oxygen atoms in total. The van der Waals surface area contributed by atoms with Gasteiger partial charge in [-0.3, -0.25) is 19.8 Å². The van der Waals surface area contributed by atoms with E-state index in [4.69, 9.17) is 21.6 Å². The average molecular weight is 576 g/mol. The SMILES string of the molecule is CCCCCc1cc(C(=O)N(CC(=O)N2CCC[C@H]2C(N)=O)Cc2cc(C(=N)N)cs2)ccc1Oc1ccccc1. The summed E-state index contributed by atoms with van der Waals surface area (Å²) in [4.78, 5) is 43.0. The summed E-state index contributed by atoms with van der Waals surface area (Å²) in [6.07, 6.45) is 5.02. The summed E-state index contributed by atoms with van der Waals surface area (Å²) in [6.45, 7) is 2.52. The molecule has 0 aliphatic carbocycles. The van der Waals surface area contributed by atoms with E-state index in [1.165, 1.54) is 21.1 Å². The molecule has 5 N–H and O–H groups in total. The average Bonchev–Trinajstić information content (AvgIpc) is 3.64. The molecule has 4 rings (SSSR count). The predicted molar refractivity (Wildman–Crippen MR) is 160 cm³/mol. The number of amides is 3. The molecule has 0 bridgehead atoms. The summed E-state index contributed by atoms with van der Waals surface area (Å²) >= 11 is 1.37. The Balaban J connectivity index is 1.62. The third-order valence-corrected chi connectivity index (χ3v) is 8.08. The second-order valence-corrected chi connectivity index (χ2v) is 11.2. The number of benzene rings is 2. The van der Waals surface area contributed by atoms with E-state index in [0.29, 0.717) is 42.0 Å². The summed E-state index contributed by atoms with van der Waals surface area (Å²) in [5.41, 5.74) is 13.1. The summed E-state index contributed by atoms with van der Waals surface area (Å²) in [5, 5.41) is 9.48. The number of nitrogens with zero attached hydrogens (tertiary/aromatic N) is 2. The molecule has 0 saturated carbocycles. The van der Waals surface area contributed by atoms with Crippen molar-refractivity contribution in [2.45, 2.75) is 58.0 Å². The van der Waals surface area contributed by atoms with Crippen LogP contribution in [0, 0.1) is 5.41 Å². The molecule has 41 heavy (non-hydrogen) atoms. The predicted octanol–water partition coefficient (Wildman–Crippen LogP) is 4.68. The molecule has 1 aliphatic heterocycles. The number of hydrogen-bond donors (Lipinski definition) is 3. The van der Waals surface area contributed by atoms with E-state index in [0.717, 1.165) is 36.1 Å². The number of thiophene rings is 1. The molecule has 10 heteroatoms. The molecule has 2 heterocycles. The van der Waals surface area contributed by atoms with E-state index in [9.17, 15) is 14.4 Å². The monoisotopic (exact) mass is 575 g/mol. The Morgan fingerprint density at radius 2 is 1.85 bits per heavy atom. The van der Waals surface area contributed by atoms with Crippen LogP contribution in [0.15, 0.2) is 60.0 Å². The van der Waals surface area contributed by atoms with Gasteiger partial charge in [0.15, 0.2) is 0 Å². The number of nitrogens with two attached hydrogens (primary N) is 2. The lowest BCUT2D eigenvalue weighted by atomic mass is 10.0. The first-order valence-electron chi connectivity index (χ1n) is 13.9. The Morgan fingerprint density at radius 1 is 1.07 bits per heavy atom. The van der Waals surface area contributed by atoms with Gasteiger partial charge in [0.05, 0.1) is 6.54 Å². The molecule has 0 unspecified atom stereocenters. The van der Waals surface area contributed by atoms with Crippen LogP contribution in [0.5, 0.6) is 11.5 Å². The van der Waals surface area contributed by atoms with Gasteiger partial charge in [0.2, 0.25) is 11.8 Å². The van der Waals surface area contributed by atoms with E-state index in [1.54, 1.807) is 17.5 Å². The number of hydrogen-bond acceptors (Lipinski definition) is 6. The lowest BCUT2D eigenvalue weighted by Crippen LogP contribution is -2.48. The highest BCUT2D eigenvalue weighted by Gasteiger charge is 2.34. The Hall–Kier alpha value is -4.18. The fourth-order valence-corrected chi connectivity index (χ4v) is 5.88. The number of amidine groups is 1. The zero-order valence-electron chi connectivity index (χ0n) is 23.3. The van der Waals surface area contributed by atoms with E-state index < -0.39 is 11.9 Å². The van der Waals surface area contributed by atoms with Crippen molar-refractivity contribution in [1.29, 1.82) is 5.41 Å². The summed E-state index contributed by atoms with van der Waals surface area (Å²) in [5.74, 6) is 0.169. The van der Waals surface area contributed by atoms with Gasteiger partial charge in [-0.25, -0.2) is 0 Å². The van der Waals surface area contributed by atoms with E-state index in [1.807, 2.05) is 42.5 Å². The second-order valence-electron chi connectivity index (χ2n) is 10.2. The van der Waals surface area contributed by atoms with Gasteiger partial charge in [0, 0.05) is 27.9 Å². The van der Waals surface area contributed by atoms with Crippen molar-refractivity contribution in [1.82, 2.24) is 9.80 Å². The minimum absolute atomic E-state index is 0.0615. The normalized spacial score (nSPS) is 14.6. The minimum atomic E-state index is -0.662. The molecule has 3 aromatic rings. The van der Waals surface area contributed by atoms with Gasteiger partial charge in [-0.15, -0.1) is 11.3 Å². The van der Waals surface area contributed by atoms with Gasteiger partial charge in [-0.2, -0.15) is 0 Å². The molecule has 0 spiro atoms. The summed E-state index contributed by atoms with van der Waals surface area (Å²) < 4.78 is 6.16. The molecule has 1 atom stereocenters. The van der Waals surface area contributed by atoms with Gasteiger partial charge < -0.3 is 26.0 Å². The van der Waals surface area contributed by atoms with Crippen LogP contribution in [0.2, 0.25) is 0 Å². The second kappa shape index (κ2) is 13.9. The number of carbonyl (C=O) groups is 3. The third kappa shape index (κ3) is 7.73. The first-order chi connectivity index (χ1) is 19.8. The first-order valence-corrected chi connectivity index (χ1v) is 14.8. The maximum atomic E-state index is 14.0. The van der Waals surface area contributed by atoms with Crippen molar-refractivity contribution in [2.75, 3.05) is 13.1 Å². The number of likely N-dealkylation sites (tertiary alicyclic amines) is 1. The first kappa shape index (κ1) is 29.8. The number of ether oxygens (including phenoxy) is 1. The Kier molecular flexibility index (Phi) is 10.1. The van der Waals surface area contributed by atoms with Crippen molar-refractivity contribution < 1.29 is 19.1 Å². The van der Waals surface area contributed by atoms with Crippen LogP contribution in [0.3, 0.4) is 0 Å². The molecular formula is C31H37N5O4S. The van der Waals surface area contributed by atoms with Crippen LogP contribution < -0.4 is 16.2 Å². The Morgan fingerprint density at radius 3 is 2.54 bits per heavy atom. The molecule has 216 valence electrons. The number of rotatable bonds is 13.